The molecule has 6 heteroatoms. The summed E-state index contributed by atoms with van der Waals surface area (Å²) in [5.41, 5.74) is 0. The van der Waals surface area contributed by atoms with Gasteiger partial charge in [0.2, 0.25) is 5.82 Å². The quantitative estimate of drug-likeness (QED) is 0.537. The molecular weight excluding hydrogens is 134 g/mol. The summed E-state index contributed by atoms with van der Waals surface area (Å²) in [5.74, 6) is 0.525. The topological polar surface area (TPSA) is 69.6 Å². The maximum atomic E-state index is 4.35. The smallest absolute Gasteiger partial charge is 0.219 e. The second kappa shape index (κ2) is 1.90. The summed E-state index contributed by atoms with van der Waals surface area (Å²) in [4.78, 5) is 0. The van der Waals surface area contributed by atoms with Crippen LogP contribution in [0, 0.1) is 0 Å². The van der Waals surface area contributed by atoms with E-state index in [1.807, 2.05) is 0 Å². The van der Waals surface area contributed by atoms with Crippen LogP contribution in [-0.4, -0.2) is 25.3 Å². The van der Waals surface area contributed by atoms with Gasteiger partial charge in [-0.3, -0.25) is 0 Å². The Morgan fingerprint density at radius 2 is 2.50 bits per heavy atom. The van der Waals surface area contributed by atoms with Gasteiger partial charge in [0.1, 0.15) is 6.20 Å². The fourth-order valence-corrected chi connectivity index (χ4v) is 0.591. The van der Waals surface area contributed by atoms with E-state index in [1.165, 1.54) is 10.9 Å². The molecule has 2 aromatic rings. The molecule has 0 bridgehead atoms. The molecule has 0 spiro atoms. The van der Waals surface area contributed by atoms with Crippen molar-refractivity contribution < 1.29 is 4.63 Å². The molecule has 2 heterocycles. The molecule has 0 unspecified atom stereocenters. The van der Waals surface area contributed by atoms with Crippen LogP contribution in [0.5, 0.6) is 0 Å². The predicted octanol–water partition coefficient (Wildman–Crippen LogP) is -0.350. The predicted molar refractivity (Wildman–Crippen MR) is 29.2 cm³/mol. The van der Waals surface area contributed by atoms with Crippen LogP contribution in [0.4, 0.5) is 0 Å². The van der Waals surface area contributed by atoms with E-state index in [2.05, 4.69) is 25.3 Å². The van der Waals surface area contributed by atoms with Gasteiger partial charge in [0.25, 0.3) is 0 Å². The van der Waals surface area contributed by atoms with Gasteiger partial charge in [0.05, 0.1) is 12.4 Å². The molecular formula is C4H3N5O. The maximum absolute atomic E-state index is 4.35. The number of nitrogens with zero attached hydrogens (tertiary/aromatic N) is 5. The van der Waals surface area contributed by atoms with Crippen molar-refractivity contribution in [1.82, 2.24) is 25.3 Å². The molecule has 0 saturated carbocycles. The van der Waals surface area contributed by atoms with E-state index < -0.39 is 0 Å². The zero-order valence-corrected chi connectivity index (χ0v) is 4.88. The Bertz CT molecular complexity index is 253. The van der Waals surface area contributed by atoms with Crippen molar-refractivity contribution in [2.45, 2.75) is 0 Å². The Labute approximate surface area is 55.4 Å². The third kappa shape index (κ3) is 0.661. The van der Waals surface area contributed by atoms with Gasteiger partial charge in [-0.2, -0.15) is 4.68 Å². The summed E-state index contributed by atoms with van der Waals surface area (Å²) in [6, 6.07) is 0. The Balaban J connectivity index is 2.48. The minimum Gasteiger partial charge on any atom is -0.242 e. The second-order valence-electron chi connectivity index (χ2n) is 1.61. The summed E-state index contributed by atoms with van der Waals surface area (Å²) >= 11 is 0. The largest absolute Gasteiger partial charge is 0.242 e. The molecule has 50 valence electrons. The summed E-state index contributed by atoms with van der Waals surface area (Å²) < 4.78 is 5.80. The Hall–Kier alpha value is -1.72. The first-order valence-electron chi connectivity index (χ1n) is 2.61. The van der Waals surface area contributed by atoms with E-state index in [9.17, 15) is 0 Å². The summed E-state index contributed by atoms with van der Waals surface area (Å²) in [6.45, 7) is 0. The highest BCUT2D eigenvalue weighted by atomic mass is 16.6. The molecule has 10 heavy (non-hydrogen) atoms. The van der Waals surface area contributed by atoms with Gasteiger partial charge >= 0.3 is 0 Å². The van der Waals surface area contributed by atoms with Crippen molar-refractivity contribution in [2.75, 3.05) is 0 Å². The fourth-order valence-electron chi connectivity index (χ4n) is 0.591. The second-order valence-corrected chi connectivity index (χ2v) is 1.61. The fraction of sp³-hybridized carbons (Fsp3) is 0. The van der Waals surface area contributed by atoms with Crippen molar-refractivity contribution >= 4 is 0 Å². The minimum atomic E-state index is 0.525. The normalized spacial score (nSPS) is 10.0. The van der Waals surface area contributed by atoms with Crippen molar-refractivity contribution in [3.63, 3.8) is 0 Å². The van der Waals surface area contributed by atoms with Crippen LogP contribution in [0.1, 0.15) is 0 Å². The molecule has 0 radical (unpaired) electrons. The first-order valence-corrected chi connectivity index (χ1v) is 2.61. The van der Waals surface area contributed by atoms with Crippen LogP contribution in [0.25, 0.3) is 5.82 Å². The lowest BCUT2D eigenvalue weighted by Gasteiger charge is -1.85. The van der Waals surface area contributed by atoms with Crippen molar-refractivity contribution in [3.05, 3.63) is 18.6 Å². The maximum Gasteiger partial charge on any atom is 0.219 e. The van der Waals surface area contributed by atoms with Crippen molar-refractivity contribution in [2.24, 2.45) is 0 Å². The molecule has 0 saturated heterocycles. The third-order valence-corrected chi connectivity index (χ3v) is 1.01. The molecule has 6 nitrogen and oxygen atoms in total. The summed E-state index contributed by atoms with van der Waals surface area (Å²) in [5, 5.41) is 14.2. The molecule has 0 atom stereocenters. The van der Waals surface area contributed by atoms with Gasteiger partial charge < -0.3 is 0 Å². The number of aromatic nitrogens is 5. The standard InChI is InChI=1S/C4H3N5O/c1-2-9(8-5-1)4-3-6-10-7-4/h1-3H. The highest BCUT2D eigenvalue weighted by Gasteiger charge is 1.98. The van der Waals surface area contributed by atoms with E-state index in [0.717, 1.165) is 0 Å². The monoisotopic (exact) mass is 137 g/mol. The molecule has 0 aliphatic rings. The third-order valence-electron chi connectivity index (χ3n) is 1.01. The van der Waals surface area contributed by atoms with E-state index in [0.29, 0.717) is 5.82 Å². The molecule has 0 N–H and O–H groups in total. The Morgan fingerprint density at radius 3 is 3.10 bits per heavy atom. The first-order chi connectivity index (χ1) is 4.97. The molecule has 0 aliphatic carbocycles. The van der Waals surface area contributed by atoms with Crippen LogP contribution < -0.4 is 0 Å². The van der Waals surface area contributed by atoms with Gasteiger partial charge in [-0.15, -0.1) is 5.10 Å². The lowest BCUT2D eigenvalue weighted by molar-refractivity contribution is 0.305. The SMILES string of the molecule is c1cn(-c2cnon2)nn1. The molecule has 0 aliphatic heterocycles. The van der Waals surface area contributed by atoms with Gasteiger partial charge in [-0.25, -0.2) is 4.63 Å². The average Bonchev–Trinajstić information content (AvgIpc) is 2.59. The van der Waals surface area contributed by atoms with Crippen LogP contribution in [-0.2, 0) is 0 Å². The van der Waals surface area contributed by atoms with E-state index in [-0.39, 0.29) is 0 Å². The van der Waals surface area contributed by atoms with Gasteiger partial charge in [0.15, 0.2) is 0 Å². The lowest BCUT2D eigenvalue weighted by Crippen LogP contribution is -1.93. The average molecular weight is 137 g/mol. The van der Waals surface area contributed by atoms with Crippen LogP contribution in [0.2, 0.25) is 0 Å². The number of rotatable bonds is 1. The summed E-state index contributed by atoms with van der Waals surface area (Å²) in [7, 11) is 0. The van der Waals surface area contributed by atoms with Gasteiger partial charge in [-0.05, 0) is 5.16 Å². The first kappa shape index (κ1) is 5.10. The molecule has 2 rings (SSSR count). The van der Waals surface area contributed by atoms with Crippen molar-refractivity contribution in [3.8, 4) is 5.82 Å². The number of hydrogen-bond donors (Lipinski definition) is 0. The van der Waals surface area contributed by atoms with E-state index >= 15 is 0 Å². The molecule has 0 amide bonds. The highest BCUT2D eigenvalue weighted by molar-refractivity contribution is 5.10. The van der Waals surface area contributed by atoms with Crippen LogP contribution >= 0.6 is 0 Å². The van der Waals surface area contributed by atoms with E-state index in [1.54, 1.807) is 12.4 Å². The summed E-state index contributed by atoms with van der Waals surface area (Å²) in [6.07, 6.45) is 4.66. The van der Waals surface area contributed by atoms with Crippen LogP contribution in [0.3, 0.4) is 0 Å². The van der Waals surface area contributed by atoms with Crippen LogP contribution in [0.15, 0.2) is 23.2 Å². The van der Waals surface area contributed by atoms with Gasteiger partial charge in [0, 0.05) is 0 Å². The molecule has 0 fully saturated rings. The zero-order chi connectivity index (χ0) is 6.81. The minimum absolute atomic E-state index is 0.525. The Kier molecular flexibility index (Phi) is 0.970. The molecule has 0 aromatic carbocycles. The highest BCUT2D eigenvalue weighted by Crippen LogP contribution is 1.95. The Morgan fingerprint density at radius 1 is 1.50 bits per heavy atom. The lowest BCUT2D eigenvalue weighted by atomic mass is 10.7. The zero-order valence-electron chi connectivity index (χ0n) is 4.88. The van der Waals surface area contributed by atoms with Gasteiger partial charge in [-0.1, -0.05) is 10.4 Å². The molecule has 2 aromatic heterocycles. The van der Waals surface area contributed by atoms with Crippen molar-refractivity contribution in [1.29, 1.82) is 0 Å². The van der Waals surface area contributed by atoms with E-state index in [4.69, 9.17) is 0 Å². The number of hydrogen-bond acceptors (Lipinski definition) is 5.